The van der Waals surface area contributed by atoms with Crippen LogP contribution < -0.4 is 5.32 Å². The normalized spacial score (nSPS) is 47.8. The fourth-order valence-electron chi connectivity index (χ4n) is 2.05. The average Bonchev–Trinajstić information content (AvgIpc) is 2.45. The fourth-order valence-corrected chi connectivity index (χ4v) is 2.05. The first-order valence-electron chi connectivity index (χ1n) is 3.61. The molecule has 0 radical (unpaired) electrons. The second-order valence-electron chi connectivity index (χ2n) is 3.10. The summed E-state index contributed by atoms with van der Waals surface area (Å²) in [5.41, 5.74) is 0. The number of rotatable bonds is 1. The number of piperidine rings is 1. The molecule has 0 aromatic heterocycles. The smallest absolute Gasteiger partial charge is 0.137 e. The first kappa shape index (κ1) is 5.42. The third kappa shape index (κ3) is 0.697. The minimum absolute atomic E-state index is 0.198. The van der Waals surface area contributed by atoms with Gasteiger partial charge in [-0.1, -0.05) is 0 Å². The Morgan fingerprint density at radius 1 is 1.44 bits per heavy atom. The molecule has 3 atom stereocenters. The van der Waals surface area contributed by atoms with E-state index in [0.717, 1.165) is 6.29 Å². The van der Waals surface area contributed by atoms with Crippen LogP contribution in [0.15, 0.2) is 0 Å². The first-order chi connectivity index (χ1) is 4.40. The molecule has 0 aromatic rings. The second-order valence-corrected chi connectivity index (χ2v) is 3.10. The zero-order valence-electron chi connectivity index (χ0n) is 5.34. The molecule has 9 heavy (non-hydrogen) atoms. The quantitative estimate of drug-likeness (QED) is 0.511. The summed E-state index contributed by atoms with van der Waals surface area (Å²) < 4.78 is 0. The summed E-state index contributed by atoms with van der Waals surface area (Å²) in [4.78, 5) is 10.3. The maximum absolute atomic E-state index is 10.3. The molecular formula is C7H11NO. The molecule has 0 unspecified atom stereocenters. The maximum atomic E-state index is 10.3. The van der Waals surface area contributed by atoms with Gasteiger partial charge in [0.2, 0.25) is 0 Å². The van der Waals surface area contributed by atoms with E-state index in [1.807, 2.05) is 0 Å². The summed E-state index contributed by atoms with van der Waals surface area (Å²) in [6, 6.07) is 0.869. The van der Waals surface area contributed by atoms with Crippen LogP contribution in [0.5, 0.6) is 0 Å². The largest absolute Gasteiger partial charge is 0.305 e. The van der Waals surface area contributed by atoms with E-state index in [1.54, 1.807) is 0 Å². The summed E-state index contributed by atoms with van der Waals surface area (Å²) in [5, 5.41) is 3.27. The van der Waals surface area contributed by atoms with Crippen LogP contribution in [0.2, 0.25) is 0 Å². The standard InChI is InChI=1S/C7H11NO/c9-4-7-5-1-2-6(3-5)8-7/h4-8H,1-3H2/t5-,6+,7+/m0/s1. The van der Waals surface area contributed by atoms with Crippen LogP contribution in [-0.2, 0) is 4.79 Å². The molecule has 2 rings (SSSR count). The summed E-state index contributed by atoms with van der Waals surface area (Å²) in [6.45, 7) is 0. The number of nitrogens with one attached hydrogen (secondary N) is 1. The van der Waals surface area contributed by atoms with Crippen molar-refractivity contribution in [3.05, 3.63) is 0 Å². The Balaban J connectivity index is 2.09. The summed E-state index contributed by atoms with van der Waals surface area (Å²) in [6.07, 6.45) is 4.85. The van der Waals surface area contributed by atoms with Gasteiger partial charge in [-0.3, -0.25) is 0 Å². The SMILES string of the molecule is O=C[C@H]1N[C@@H]2CC[C@H]1C2. The van der Waals surface area contributed by atoms with E-state index in [0.29, 0.717) is 12.0 Å². The van der Waals surface area contributed by atoms with Crippen LogP contribution in [-0.4, -0.2) is 18.4 Å². The molecule has 0 amide bonds. The van der Waals surface area contributed by atoms with Gasteiger partial charge in [-0.15, -0.1) is 0 Å². The van der Waals surface area contributed by atoms with Crippen molar-refractivity contribution < 1.29 is 4.79 Å². The highest BCUT2D eigenvalue weighted by Gasteiger charge is 2.38. The van der Waals surface area contributed by atoms with E-state index >= 15 is 0 Å². The van der Waals surface area contributed by atoms with Crippen LogP contribution in [0.4, 0.5) is 0 Å². The number of fused-ring (bicyclic) bond motifs is 2. The Morgan fingerprint density at radius 3 is 2.67 bits per heavy atom. The highest BCUT2D eigenvalue weighted by molar-refractivity contribution is 5.59. The molecular weight excluding hydrogens is 114 g/mol. The molecule has 50 valence electrons. The van der Waals surface area contributed by atoms with Gasteiger partial charge in [0.15, 0.2) is 0 Å². The predicted molar refractivity (Wildman–Crippen MR) is 34.1 cm³/mol. The van der Waals surface area contributed by atoms with E-state index in [-0.39, 0.29) is 6.04 Å². The van der Waals surface area contributed by atoms with E-state index in [1.165, 1.54) is 19.3 Å². The van der Waals surface area contributed by atoms with Crippen LogP contribution in [0.1, 0.15) is 19.3 Å². The van der Waals surface area contributed by atoms with E-state index in [4.69, 9.17) is 0 Å². The highest BCUT2D eigenvalue weighted by atomic mass is 16.1. The number of carbonyl (C=O) groups excluding carboxylic acids is 1. The molecule has 1 aliphatic heterocycles. The molecule has 2 nitrogen and oxygen atoms in total. The second kappa shape index (κ2) is 1.81. The Bertz CT molecular complexity index is 135. The van der Waals surface area contributed by atoms with Crippen molar-refractivity contribution in [2.45, 2.75) is 31.3 Å². The number of carbonyl (C=O) groups is 1. The van der Waals surface area contributed by atoms with Crippen molar-refractivity contribution in [3.63, 3.8) is 0 Å². The van der Waals surface area contributed by atoms with Crippen molar-refractivity contribution in [1.29, 1.82) is 0 Å². The van der Waals surface area contributed by atoms with Gasteiger partial charge in [-0.05, 0) is 25.2 Å². The van der Waals surface area contributed by atoms with Gasteiger partial charge in [0.05, 0.1) is 6.04 Å². The maximum Gasteiger partial charge on any atom is 0.137 e. The van der Waals surface area contributed by atoms with Crippen molar-refractivity contribution in [1.82, 2.24) is 5.32 Å². The molecule has 0 spiro atoms. The van der Waals surface area contributed by atoms with Gasteiger partial charge in [0.25, 0.3) is 0 Å². The van der Waals surface area contributed by atoms with Gasteiger partial charge >= 0.3 is 0 Å². The molecule has 1 aliphatic carbocycles. The van der Waals surface area contributed by atoms with E-state index in [2.05, 4.69) is 5.32 Å². The lowest BCUT2D eigenvalue weighted by atomic mass is 10.0. The summed E-state index contributed by atoms with van der Waals surface area (Å²) in [5.74, 6) is 0.674. The van der Waals surface area contributed by atoms with Crippen molar-refractivity contribution >= 4 is 6.29 Å². The van der Waals surface area contributed by atoms with Gasteiger partial charge in [-0.2, -0.15) is 0 Å². The van der Waals surface area contributed by atoms with Crippen molar-refractivity contribution in [2.75, 3.05) is 0 Å². The molecule has 1 saturated carbocycles. The summed E-state index contributed by atoms with van der Waals surface area (Å²) >= 11 is 0. The third-order valence-corrected chi connectivity index (χ3v) is 2.56. The third-order valence-electron chi connectivity index (χ3n) is 2.56. The van der Waals surface area contributed by atoms with Gasteiger partial charge in [-0.25, -0.2) is 0 Å². The zero-order valence-corrected chi connectivity index (χ0v) is 5.34. The molecule has 2 heteroatoms. The first-order valence-corrected chi connectivity index (χ1v) is 3.61. The molecule has 1 saturated heterocycles. The number of hydrogen-bond donors (Lipinski definition) is 1. The zero-order chi connectivity index (χ0) is 6.27. The van der Waals surface area contributed by atoms with Crippen molar-refractivity contribution in [2.24, 2.45) is 5.92 Å². The monoisotopic (exact) mass is 125 g/mol. The molecule has 1 heterocycles. The molecule has 2 bridgehead atoms. The molecule has 1 N–H and O–H groups in total. The molecule has 2 aliphatic rings. The van der Waals surface area contributed by atoms with Gasteiger partial charge < -0.3 is 10.1 Å². The molecule has 0 aromatic carbocycles. The fraction of sp³-hybridized carbons (Fsp3) is 0.857. The van der Waals surface area contributed by atoms with Crippen LogP contribution in [0.25, 0.3) is 0 Å². The summed E-state index contributed by atoms with van der Waals surface area (Å²) in [7, 11) is 0. The van der Waals surface area contributed by atoms with Crippen molar-refractivity contribution in [3.8, 4) is 0 Å². The minimum atomic E-state index is 0.198. The Kier molecular flexibility index (Phi) is 1.09. The Morgan fingerprint density at radius 2 is 2.33 bits per heavy atom. The van der Waals surface area contributed by atoms with Crippen LogP contribution >= 0.6 is 0 Å². The number of hydrogen-bond acceptors (Lipinski definition) is 2. The van der Waals surface area contributed by atoms with Gasteiger partial charge in [0, 0.05) is 6.04 Å². The minimum Gasteiger partial charge on any atom is -0.305 e. The Hall–Kier alpha value is -0.370. The predicted octanol–water partition coefficient (Wildman–Crippen LogP) is 0.326. The van der Waals surface area contributed by atoms with E-state index < -0.39 is 0 Å². The van der Waals surface area contributed by atoms with Crippen LogP contribution in [0, 0.1) is 5.92 Å². The lowest BCUT2D eigenvalue weighted by molar-refractivity contribution is -0.110. The lowest BCUT2D eigenvalue weighted by Gasteiger charge is -2.16. The average molecular weight is 125 g/mol. The molecule has 2 fully saturated rings. The topological polar surface area (TPSA) is 29.1 Å². The highest BCUT2D eigenvalue weighted by Crippen LogP contribution is 2.34. The van der Waals surface area contributed by atoms with Gasteiger partial charge in [0.1, 0.15) is 6.29 Å². The Labute approximate surface area is 54.6 Å². The number of aldehydes is 1. The van der Waals surface area contributed by atoms with Crippen LogP contribution in [0.3, 0.4) is 0 Å². The lowest BCUT2D eigenvalue weighted by Crippen LogP contribution is -2.36. The van der Waals surface area contributed by atoms with E-state index in [9.17, 15) is 4.79 Å².